The number of carbonyl (C=O) groups is 3. The number of esters is 2. The summed E-state index contributed by atoms with van der Waals surface area (Å²) >= 11 is 0. The third-order valence-electron chi connectivity index (χ3n) is 14.7. The van der Waals surface area contributed by atoms with Gasteiger partial charge in [0.2, 0.25) is 5.91 Å². The predicted molar refractivity (Wildman–Crippen MR) is 173 cm³/mol. The average molecular weight is 612 g/mol. The summed E-state index contributed by atoms with van der Waals surface area (Å²) in [5.41, 5.74) is 1.45. The normalized spacial score (nSPS) is 42.8. The minimum Gasteiger partial charge on any atom is -0.467 e. The zero-order valence-corrected chi connectivity index (χ0v) is 29.7. The molecule has 44 heavy (non-hydrogen) atoms. The van der Waals surface area contributed by atoms with Gasteiger partial charge in [-0.25, -0.2) is 4.79 Å². The number of fused-ring (bicyclic) bond motifs is 7. The molecule has 0 bridgehead atoms. The number of hydrogen-bond donors (Lipinski definition) is 1. The lowest BCUT2D eigenvalue weighted by Crippen LogP contribution is -2.66. The van der Waals surface area contributed by atoms with E-state index in [1.54, 1.807) is 6.92 Å². The Labute approximate surface area is 267 Å². The van der Waals surface area contributed by atoms with Crippen LogP contribution in [0.1, 0.15) is 133 Å². The molecule has 5 rings (SSSR count). The first-order valence-electron chi connectivity index (χ1n) is 17.6. The molecule has 248 valence electrons. The van der Waals surface area contributed by atoms with Gasteiger partial charge in [-0.2, -0.15) is 0 Å². The molecule has 0 heterocycles. The Morgan fingerprint density at radius 1 is 0.886 bits per heavy atom. The van der Waals surface area contributed by atoms with Gasteiger partial charge >= 0.3 is 11.9 Å². The molecular weight excluding hydrogens is 550 g/mol. The molecule has 4 saturated carbocycles. The van der Waals surface area contributed by atoms with E-state index in [1.807, 2.05) is 13.8 Å². The fourth-order valence-corrected chi connectivity index (χ4v) is 11.9. The highest BCUT2D eigenvalue weighted by Crippen LogP contribution is 2.75. The predicted octanol–water partition coefficient (Wildman–Crippen LogP) is 8.03. The quantitative estimate of drug-likeness (QED) is 0.251. The van der Waals surface area contributed by atoms with Gasteiger partial charge < -0.3 is 14.8 Å². The van der Waals surface area contributed by atoms with Crippen LogP contribution >= 0.6 is 0 Å². The van der Waals surface area contributed by atoms with Gasteiger partial charge in [0.05, 0.1) is 12.5 Å². The lowest BCUT2D eigenvalue weighted by Gasteiger charge is -2.71. The average Bonchev–Trinajstić information content (AvgIpc) is 2.92. The number of rotatable bonds is 5. The molecule has 6 nitrogen and oxygen atoms in total. The van der Waals surface area contributed by atoms with Crippen LogP contribution in [0.5, 0.6) is 0 Å². The smallest absolute Gasteiger partial charge is 0.328 e. The molecule has 0 spiro atoms. The van der Waals surface area contributed by atoms with E-state index < -0.39 is 11.5 Å². The van der Waals surface area contributed by atoms with Crippen molar-refractivity contribution < 1.29 is 23.9 Å². The second kappa shape index (κ2) is 10.9. The first kappa shape index (κ1) is 33.5. The van der Waals surface area contributed by atoms with Crippen LogP contribution in [0.15, 0.2) is 11.6 Å². The molecule has 6 heteroatoms. The number of allylic oxidation sites excluding steroid dienone is 2. The molecule has 9 atom stereocenters. The monoisotopic (exact) mass is 611 g/mol. The summed E-state index contributed by atoms with van der Waals surface area (Å²) in [5.74, 6) is 0.706. The van der Waals surface area contributed by atoms with Crippen LogP contribution in [0.3, 0.4) is 0 Å². The van der Waals surface area contributed by atoms with Crippen molar-refractivity contribution in [2.75, 3.05) is 7.11 Å². The largest absolute Gasteiger partial charge is 0.467 e. The summed E-state index contributed by atoms with van der Waals surface area (Å²) in [6.45, 7) is 22.6. The van der Waals surface area contributed by atoms with Crippen LogP contribution in [0.25, 0.3) is 0 Å². The maximum Gasteiger partial charge on any atom is 0.328 e. The van der Waals surface area contributed by atoms with E-state index >= 15 is 0 Å². The first-order chi connectivity index (χ1) is 20.3. The number of carbonyl (C=O) groups excluding carboxylic acids is 3. The molecule has 0 aliphatic heterocycles. The molecule has 5 unspecified atom stereocenters. The van der Waals surface area contributed by atoms with E-state index in [0.29, 0.717) is 11.8 Å². The van der Waals surface area contributed by atoms with Gasteiger partial charge in [0.25, 0.3) is 0 Å². The molecule has 1 amide bonds. The van der Waals surface area contributed by atoms with Gasteiger partial charge in [-0.1, -0.05) is 74.0 Å². The summed E-state index contributed by atoms with van der Waals surface area (Å²) in [6.07, 6.45) is 12.7. The first-order valence-corrected chi connectivity index (χ1v) is 17.6. The van der Waals surface area contributed by atoms with Gasteiger partial charge in [0, 0.05) is 12.3 Å². The van der Waals surface area contributed by atoms with Crippen LogP contribution in [0.2, 0.25) is 0 Å². The van der Waals surface area contributed by atoms with Crippen LogP contribution in [0.4, 0.5) is 0 Å². The fourth-order valence-electron chi connectivity index (χ4n) is 11.9. The number of nitrogens with one attached hydrogen (secondary N) is 1. The summed E-state index contributed by atoms with van der Waals surface area (Å²) in [5, 5.41) is 3.22. The van der Waals surface area contributed by atoms with E-state index in [4.69, 9.17) is 9.47 Å². The van der Waals surface area contributed by atoms with Crippen LogP contribution in [0, 0.1) is 56.2 Å². The zero-order chi connectivity index (χ0) is 32.7. The molecule has 0 aromatic rings. The van der Waals surface area contributed by atoms with Crippen molar-refractivity contribution in [3.8, 4) is 0 Å². The highest BCUT2D eigenvalue weighted by Gasteiger charge is 2.69. The molecule has 0 aromatic heterocycles. The molecule has 0 radical (unpaired) electrons. The second-order valence-corrected chi connectivity index (χ2v) is 18.0. The highest BCUT2D eigenvalue weighted by molar-refractivity contribution is 5.89. The van der Waals surface area contributed by atoms with Crippen molar-refractivity contribution >= 4 is 17.8 Å². The van der Waals surface area contributed by atoms with Crippen molar-refractivity contribution in [2.45, 2.75) is 146 Å². The van der Waals surface area contributed by atoms with Crippen molar-refractivity contribution in [3.05, 3.63) is 11.6 Å². The molecule has 5 aliphatic carbocycles. The molecule has 0 aromatic carbocycles. The van der Waals surface area contributed by atoms with Gasteiger partial charge in [0.15, 0.2) is 0 Å². The van der Waals surface area contributed by atoms with Gasteiger partial charge in [-0.15, -0.1) is 0 Å². The molecule has 4 fully saturated rings. The van der Waals surface area contributed by atoms with Crippen molar-refractivity contribution in [3.63, 3.8) is 0 Å². The van der Waals surface area contributed by atoms with Crippen LogP contribution in [-0.4, -0.2) is 37.1 Å². The third-order valence-corrected chi connectivity index (χ3v) is 14.7. The topological polar surface area (TPSA) is 81.7 Å². The van der Waals surface area contributed by atoms with Gasteiger partial charge in [-0.05, 0) is 110 Å². The van der Waals surface area contributed by atoms with E-state index in [9.17, 15) is 14.4 Å². The molecule has 1 N–H and O–H groups in total. The minimum atomic E-state index is -0.631. The maximum absolute atomic E-state index is 14.5. The van der Waals surface area contributed by atoms with Gasteiger partial charge in [0.1, 0.15) is 12.1 Å². The number of ether oxygens (including phenoxy) is 2. The Balaban J connectivity index is 1.53. The summed E-state index contributed by atoms with van der Waals surface area (Å²) in [4.78, 5) is 39.2. The lowest BCUT2D eigenvalue weighted by atomic mass is 9.33. The second-order valence-electron chi connectivity index (χ2n) is 18.0. The Morgan fingerprint density at radius 3 is 2.16 bits per heavy atom. The van der Waals surface area contributed by atoms with E-state index in [0.717, 1.165) is 64.2 Å². The SMILES string of the molecule is COC(=O)C(NC(=O)[C@]12CCC(C)(C)CC1C1=CCC3[C@@]4(C)CCC(OC(C)=O)C(C)(C)C4CC[C@@]3(C)[C@]1(C)CC2)C(C)C. The van der Waals surface area contributed by atoms with Crippen LogP contribution < -0.4 is 5.32 Å². The highest BCUT2D eigenvalue weighted by atomic mass is 16.5. The maximum atomic E-state index is 14.5. The Hall–Kier alpha value is -1.85. The van der Waals surface area contributed by atoms with Crippen LogP contribution in [-0.2, 0) is 23.9 Å². The summed E-state index contributed by atoms with van der Waals surface area (Å²) in [7, 11) is 1.41. The van der Waals surface area contributed by atoms with E-state index in [2.05, 4.69) is 59.9 Å². The Kier molecular flexibility index (Phi) is 8.27. The minimum absolute atomic E-state index is 0.0163. The Morgan fingerprint density at radius 2 is 1.55 bits per heavy atom. The van der Waals surface area contributed by atoms with Crippen molar-refractivity contribution in [2.24, 2.45) is 56.2 Å². The van der Waals surface area contributed by atoms with Gasteiger partial charge in [-0.3, -0.25) is 9.59 Å². The summed E-state index contributed by atoms with van der Waals surface area (Å²) in [6, 6.07) is -0.631. The Bertz CT molecular complexity index is 1220. The third kappa shape index (κ3) is 4.81. The molecule has 0 saturated heterocycles. The number of methoxy groups -OCH3 is 1. The standard InChI is InChI=1S/C38H61NO5/c1-23(2)30(31(41)43-11)39-32(42)38-20-18-33(4,5)22-26(38)25-12-13-28-35(8)16-15-29(44-24(3)40)34(6,7)27(35)14-17-37(28,10)36(25,9)19-21-38/h12,23,26-30H,13-22H2,1-11H3,(H,39,42)/t26?,27?,28?,29?,30?,35-,36+,37+,38-/m0/s1. The number of hydrogen-bond acceptors (Lipinski definition) is 5. The lowest BCUT2D eigenvalue weighted by molar-refractivity contribution is -0.212. The fraction of sp³-hybridized carbons (Fsp3) is 0.868. The number of amides is 1. The van der Waals surface area contributed by atoms with Crippen molar-refractivity contribution in [1.29, 1.82) is 0 Å². The van der Waals surface area contributed by atoms with Crippen molar-refractivity contribution in [1.82, 2.24) is 5.32 Å². The molecule has 5 aliphatic rings. The van der Waals surface area contributed by atoms with E-state index in [1.165, 1.54) is 12.7 Å². The summed E-state index contributed by atoms with van der Waals surface area (Å²) < 4.78 is 11.0. The van der Waals surface area contributed by atoms with E-state index in [-0.39, 0.29) is 62.9 Å². The zero-order valence-electron chi connectivity index (χ0n) is 29.7. The molecular formula is C38H61NO5.